The van der Waals surface area contributed by atoms with E-state index in [-0.39, 0.29) is 22.6 Å². The molecule has 0 unspecified atom stereocenters. The molecule has 0 aliphatic heterocycles. The lowest BCUT2D eigenvalue weighted by Crippen LogP contribution is -2.10. The van der Waals surface area contributed by atoms with Gasteiger partial charge in [-0.25, -0.2) is 4.79 Å². The number of allylic oxidation sites excluding steroid dienone is 1. The second-order valence-corrected chi connectivity index (χ2v) is 6.39. The summed E-state index contributed by atoms with van der Waals surface area (Å²) in [7, 11) is 1.24. The third-order valence-electron chi connectivity index (χ3n) is 4.60. The van der Waals surface area contributed by atoms with Crippen LogP contribution in [0.5, 0.6) is 17.2 Å². The fraction of sp³-hybridized carbons (Fsp3) is 0.238. The molecule has 6 heteroatoms. The summed E-state index contributed by atoms with van der Waals surface area (Å²) < 4.78 is 5.04. The lowest BCUT2D eigenvalue weighted by atomic mass is 9.93. The fourth-order valence-electron chi connectivity index (χ4n) is 3.05. The average molecular weight is 370 g/mol. The largest absolute Gasteiger partial charge is 0.507 e. The molecule has 27 heavy (non-hydrogen) atoms. The minimum Gasteiger partial charge on any atom is -0.507 e. The number of benzene rings is 2. The highest BCUT2D eigenvalue weighted by Gasteiger charge is 2.26. The van der Waals surface area contributed by atoms with E-state index in [4.69, 9.17) is 4.74 Å². The van der Waals surface area contributed by atoms with Crippen LogP contribution in [-0.2, 0) is 0 Å². The molecule has 0 aliphatic carbocycles. The van der Waals surface area contributed by atoms with Gasteiger partial charge in [-0.2, -0.15) is 0 Å². The molecule has 0 saturated carbocycles. The molecule has 0 spiro atoms. The van der Waals surface area contributed by atoms with Gasteiger partial charge in [0.2, 0.25) is 0 Å². The Morgan fingerprint density at radius 3 is 1.93 bits per heavy atom. The number of ether oxygens (including phenoxy) is 1. The number of carbonyl (C=O) groups is 2. The Kier molecular flexibility index (Phi) is 5.59. The summed E-state index contributed by atoms with van der Waals surface area (Å²) >= 11 is 0. The average Bonchev–Trinajstić information content (AvgIpc) is 2.60. The van der Waals surface area contributed by atoms with Gasteiger partial charge >= 0.3 is 5.97 Å². The molecular formula is C21H22O6. The maximum atomic E-state index is 12.7. The Balaban J connectivity index is 2.54. The van der Waals surface area contributed by atoms with Crippen molar-refractivity contribution in [3.63, 3.8) is 0 Å². The maximum Gasteiger partial charge on any atom is 0.339 e. The molecule has 0 fully saturated rings. The summed E-state index contributed by atoms with van der Waals surface area (Å²) in [6, 6.07) is 3.47. The molecule has 0 amide bonds. The van der Waals surface area contributed by atoms with Crippen molar-refractivity contribution in [3.8, 4) is 17.2 Å². The Bertz CT molecular complexity index is 946. The zero-order valence-electron chi connectivity index (χ0n) is 15.9. The minimum absolute atomic E-state index is 0.00202. The number of phenols is 2. The van der Waals surface area contributed by atoms with Crippen molar-refractivity contribution in [2.75, 3.05) is 7.11 Å². The number of aryl methyl sites for hydroxylation is 2. The molecule has 0 aromatic heterocycles. The first-order valence-corrected chi connectivity index (χ1v) is 8.26. The number of phenolic OH excluding ortho intramolecular Hbond substituents is 2. The molecule has 0 bridgehead atoms. The number of rotatable bonds is 5. The number of hydrogen-bond donors (Lipinski definition) is 3. The van der Waals surface area contributed by atoms with Gasteiger partial charge < -0.3 is 20.1 Å². The number of aromatic hydroxyl groups is 2. The molecule has 0 heterocycles. The molecular weight excluding hydrogens is 348 g/mol. The Morgan fingerprint density at radius 1 is 0.926 bits per heavy atom. The predicted molar refractivity (Wildman–Crippen MR) is 102 cm³/mol. The Hall–Kier alpha value is -3.28. The van der Waals surface area contributed by atoms with Gasteiger partial charge in [0, 0.05) is 0 Å². The molecule has 6 nitrogen and oxygen atoms in total. The van der Waals surface area contributed by atoms with E-state index in [1.807, 2.05) is 0 Å². The Morgan fingerprint density at radius 2 is 1.44 bits per heavy atom. The second kappa shape index (κ2) is 7.53. The number of hydrogen-bond acceptors (Lipinski definition) is 5. The van der Waals surface area contributed by atoms with E-state index in [9.17, 15) is 24.9 Å². The van der Waals surface area contributed by atoms with Crippen LogP contribution in [0.25, 0.3) is 6.08 Å². The van der Waals surface area contributed by atoms with E-state index in [1.165, 1.54) is 13.2 Å². The van der Waals surface area contributed by atoms with Gasteiger partial charge in [0.15, 0.2) is 17.3 Å². The van der Waals surface area contributed by atoms with Gasteiger partial charge in [0.25, 0.3) is 0 Å². The molecule has 2 aromatic rings. The summed E-state index contributed by atoms with van der Waals surface area (Å²) in [4.78, 5) is 24.2. The number of ketones is 1. The molecule has 3 N–H and O–H groups in total. The summed E-state index contributed by atoms with van der Waals surface area (Å²) in [6.07, 6.45) is 2.88. The monoisotopic (exact) mass is 370 g/mol. The molecule has 0 aliphatic rings. The van der Waals surface area contributed by atoms with E-state index in [1.54, 1.807) is 45.9 Å². The summed E-state index contributed by atoms with van der Waals surface area (Å²) in [5, 5.41) is 29.6. The Labute approximate surface area is 157 Å². The van der Waals surface area contributed by atoms with Crippen LogP contribution in [0.2, 0.25) is 0 Å². The first-order valence-electron chi connectivity index (χ1n) is 8.26. The molecule has 0 atom stereocenters. The van der Waals surface area contributed by atoms with Gasteiger partial charge in [0.1, 0.15) is 11.3 Å². The molecule has 0 radical (unpaired) electrons. The van der Waals surface area contributed by atoms with E-state index < -0.39 is 17.5 Å². The van der Waals surface area contributed by atoms with Gasteiger partial charge in [-0.1, -0.05) is 6.08 Å². The lowest BCUT2D eigenvalue weighted by molar-refractivity contribution is 0.0690. The molecule has 0 saturated heterocycles. The third-order valence-corrected chi connectivity index (χ3v) is 4.60. The fourth-order valence-corrected chi connectivity index (χ4v) is 3.05. The van der Waals surface area contributed by atoms with E-state index in [2.05, 4.69) is 0 Å². The topological polar surface area (TPSA) is 104 Å². The van der Waals surface area contributed by atoms with E-state index in [0.717, 1.165) is 5.56 Å². The van der Waals surface area contributed by atoms with Crippen molar-refractivity contribution >= 4 is 17.8 Å². The van der Waals surface area contributed by atoms with E-state index >= 15 is 0 Å². The highest BCUT2D eigenvalue weighted by molar-refractivity contribution is 6.11. The van der Waals surface area contributed by atoms with Crippen LogP contribution >= 0.6 is 0 Å². The SMILES string of the molecule is COc1c(O)c(C(=O)C=Cc2cc(C)c(O)c(C)c2)c(C)c(C)c1C(=O)O. The first kappa shape index (κ1) is 20.0. The summed E-state index contributed by atoms with van der Waals surface area (Å²) in [5.74, 6) is -2.25. The van der Waals surface area contributed by atoms with Crippen LogP contribution in [0.15, 0.2) is 18.2 Å². The molecule has 2 rings (SSSR count). The van der Waals surface area contributed by atoms with Crippen LogP contribution in [-0.4, -0.2) is 34.2 Å². The van der Waals surface area contributed by atoms with Gasteiger partial charge in [-0.05, 0) is 73.7 Å². The summed E-state index contributed by atoms with van der Waals surface area (Å²) in [5.41, 5.74) is 2.65. The van der Waals surface area contributed by atoms with Crippen LogP contribution in [0.3, 0.4) is 0 Å². The van der Waals surface area contributed by atoms with Gasteiger partial charge in [0.05, 0.1) is 12.7 Å². The van der Waals surface area contributed by atoms with Crippen molar-refractivity contribution in [3.05, 3.63) is 57.2 Å². The number of carboxylic acids is 1. The lowest BCUT2D eigenvalue weighted by Gasteiger charge is -2.16. The van der Waals surface area contributed by atoms with Crippen LogP contribution in [0, 0.1) is 27.7 Å². The number of carbonyl (C=O) groups excluding carboxylic acids is 1. The standard InChI is InChI=1S/C21H22O6/c1-10-8-14(9-11(2)18(10)23)6-7-15(22)16-12(3)13(4)17(21(25)26)20(27-5)19(16)24/h6-9,23-24H,1-5H3,(H,25,26). The smallest absolute Gasteiger partial charge is 0.339 e. The van der Waals surface area contributed by atoms with Crippen molar-refractivity contribution in [1.29, 1.82) is 0 Å². The normalized spacial score (nSPS) is 11.0. The van der Waals surface area contributed by atoms with Crippen LogP contribution in [0.4, 0.5) is 0 Å². The number of methoxy groups -OCH3 is 1. The molecule has 2 aromatic carbocycles. The maximum absolute atomic E-state index is 12.7. The quantitative estimate of drug-likeness (QED) is 0.544. The van der Waals surface area contributed by atoms with Crippen molar-refractivity contribution < 1.29 is 29.6 Å². The van der Waals surface area contributed by atoms with E-state index in [0.29, 0.717) is 22.3 Å². The predicted octanol–water partition coefficient (Wildman–Crippen LogP) is 3.93. The summed E-state index contributed by atoms with van der Waals surface area (Å²) in [6.45, 7) is 6.66. The highest BCUT2D eigenvalue weighted by Crippen LogP contribution is 2.39. The number of carboxylic acid groups (broad SMARTS) is 1. The zero-order chi connectivity index (χ0) is 20.5. The van der Waals surface area contributed by atoms with Crippen molar-refractivity contribution in [1.82, 2.24) is 0 Å². The minimum atomic E-state index is -1.24. The number of aromatic carboxylic acids is 1. The first-order chi connectivity index (χ1) is 12.6. The third kappa shape index (κ3) is 3.65. The van der Waals surface area contributed by atoms with Crippen molar-refractivity contribution in [2.24, 2.45) is 0 Å². The van der Waals surface area contributed by atoms with Crippen molar-refractivity contribution in [2.45, 2.75) is 27.7 Å². The van der Waals surface area contributed by atoms with Gasteiger partial charge in [-0.15, -0.1) is 0 Å². The van der Waals surface area contributed by atoms with Gasteiger partial charge in [-0.3, -0.25) is 4.79 Å². The van der Waals surface area contributed by atoms with Crippen LogP contribution < -0.4 is 4.74 Å². The second-order valence-electron chi connectivity index (χ2n) is 6.39. The van der Waals surface area contributed by atoms with Crippen LogP contribution in [0.1, 0.15) is 48.5 Å². The molecule has 142 valence electrons. The highest BCUT2D eigenvalue weighted by atomic mass is 16.5. The zero-order valence-corrected chi connectivity index (χ0v) is 15.9.